The van der Waals surface area contributed by atoms with Crippen molar-refractivity contribution in [3.63, 3.8) is 0 Å². The maximum Gasteiger partial charge on any atom is 0.306 e. The summed E-state index contributed by atoms with van der Waals surface area (Å²) in [6, 6.07) is 3.57. The lowest BCUT2D eigenvalue weighted by Gasteiger charge is -2.19. The van der Waals surface area contributed by atoms with Gasteiger partial charge in [-0.25, -0.2) is 0 Å². The summed E-state index contributed by atoms with van der Waals surface area (Å²) in [5.41, 5.74) is -0.431. The van der Waals surface area contributed by atoms with Gasteiger partial charge in [-0.3, -0.25) is 4.79 Å². The lowest BCUT2D eigenvalue weighted by molar-refractivity contribution is -0.155. The van der Waals surface area contributed by atoms with Crippen molar-refractivity contribution in [1.29, 1.82) is 0 Å². The van der Waals surface area contributed by atoms with Gasteiger partial charge in [-0.05, 0) is 55.8 Å². The van der Waals surface area contributed by atoms with E-state index in [1.54, 1.807) is 6.07 Å². The molecule has 1 aromatic rings. The smallest absolute Gasteiger partial charge is 0.306 e. The van der Waals surface area contributed by atoms with E-state index in [0.29, 0.717) is 25.3 Å². The Bertz CT molecular complexity index is 387. The highest BCUT2D eigenvalue weighted by atomic mass is 127. The minimum atomic E-state index is -0.431. The Morgan fingerprint density at radius 2 is 2.06 bits per heavy atom. The molecule has 0 atom stereocenters. The van der Waals surface area contributed by atoms with Crippen LogP contribution in [-0.4, -0.2) is 28.4 Å². The Morgan fingerprint density at radius 1 is 1.33 bits per heavy atom. The van der Waals surface area contributed by atoms with E-state index in [4.69, 9.17) is 9.47 Å². The molecule has 0 saturated carbocycles. The Morgan fingerprint density at radius 3 is 2.61 bits per heavy atom. The highest BCUT2D eigenvalue weighted by Gasteiger charge is 2.15. The molecular formula is C12H17IN2O3. The van der Waals surface area contributed by atoms with E-state index in [2.05, 4.69) is 32.8 Å². The molecule has 0 aromatic carbocycles. The quantitative estimate of drug-likeness (QED) is 0.457. The van der Waals surface area contributed by atoms with Crippen molar-refractivity contribution in [2.45, 2.75) is 39.2 Å². The van der Waals surface area contributed by atoms with Crippen LogP contribution in [0.4, 0.5) is 0 Å². The lowest BCUT2D eigenvalue weighted by atomic mass is 10.2. The summed E-state index contributed by atoms with van der Waals surface area (Å²) < 4.78 is 11.4. The molecule has 0 N–H and O–H groups in total. The van der Waals surface area contributed by atoms with E-state index in [9.17, 15) is 4.79 Å². The van der Waals surface area contributed by atoms with Crippen LogP contribution >= 0.6 is 22.6 Å². The molecule has 6 heteroatoms. The van der Waals surface area contributed by atoms with Gasteiger partial charge in [0.05, 0.1) is 6.61 Å². The summed E-state index contributed by atoms with van der Waals surface area (Å²) >= 11 is 2.07. The minimum absolute atomic E-state index is 0.209. The molecular weight excluding hydrogens is 347 g/mol. The Kier molecular flexibility index (Phi) is 5.77. The number of rotatable bonds is 5. The predicted octanol–water partition coefficient (Wildman–Crippen LogP) is 2.58. The number of hydrogen-bond donors (Lipinski definition) is 0. The van der Waals surface area contributed by atoms with Crippen LogP contribution in [0, 0.1) is 3.70 Å². The number of ether oxygens (including phenoxy) is 2. The Balaban J connectivity index is 2.19. The number of carbonyl (C=O) groups excluding carboxylic acids is 1. The van der Waals surface area contributed by atoms with Gasteiger partial charge in [0.25, 0.3) is 0 Å². The second kappa shape index (κ2) is 6.86. The molecule has 0 aliphatic heterocycles. The molecule has 5 nitrogen and oxygen atoms in total. The van der Waals surface area contributed by atoms with E-state index >= 15 is 0 Å². The first kappa shape index (κ1) is 15.1. The average molecular weight is 364 g/mol. The molecule has 0 fully saturated rings. The summed E-state index contributed by atoms with van der Waals surface area (Å²) in [6.07, 6.45) is 0.942. The molecule has 1 rings (SSSR count). The molecule has 1 heterocycles. The van der Waals surface area contributed by atoms with Crippen LogP contribution in [0.2, 0.25) is 0 Å². The zero-order valence-corrected chi connectivity index (χ0v) is 12.9. The van der Waals surface area contributed by atoms with Gasteiger partial charge >= 0.3 is 5.97 Å². The van der Waals surface area contributed by atoms with Gasteiger partial charge < -0.3 is 9.47 Å². The Hall–Kier alpha value is -0.920. The fourth-order valence-corrected chi connectivity index (χ4v) is 1.45. The average Bonchev–Trinajstić information content (AvgIpc) is 2.24. The third kappa shape index (κ3) is 6.73. The van der Waals surface area contributed by atoms with Gasteiger partial charge in [0.15, 0.2) is 0 Å². The Labute approximate surface area is 120 Å². The summed E-state index contributed by atoms with van der Waals surface area (Å²) in [5.74, 6) is 0.263. The van der Waals surface area contributed by atoms with Gasteiger partial charge in [-0.1, -0.05) is 0 Å². The molecule has 1 aromatic heterocycles. The van der Waals surface area contributed by atoms with Crippen LogP contribution in [0.5, 0.6) is 5.88 Å². The number of carbonyl (C=O) groups is 1. The van der Waals surface area contributed by atoms with Crippen molar-refractivity contribution in [1.82, 2.24) is 10.2 Å². The molecule has 0 bridgehead atoms. The monoisotopic (exact) mass is 364 g/mol. The first-order valence-corrected chi connectivity index (χ1v) is 6.78. The summed E-state index contributed by atoms with van der Waals surface area (Å²) in [4.78, 5) is 11.4. The molecule has 0 amide bonds. The fraction of sp³-hybridized carbons (Fsp3) is 0.583. The third-order valence-electron chi connectivity index (χ3n) is 1.80. The second-order valence-corrected chi connectivity index (χ2v) is 5.84. The second-order valence-electron chi connectivity index (χ2n) is 4.73. The number of halogens is 1. The molecule has 0 unspecified atom stereocenters. The van der Waals surface area contributed by atoms with Crippen molar-refractivity contribution in [3.8, 4) is 5.88 Å². The van der Waals surface area contributed by atoms with E-state index in [1.807, 2.05) is 26.8 Å². The van der Waals surface area contributed by atoms with Crippen molar-refractivity contribution >= 4 is 28.6 Å². The van der Waals surface area contributed by atoms with Gasteiger partial charge in [0.2, 0.25) is 5.88 Å². The van der Waals surface area contributed by atoms with E-state index in [-0.39, 0.29) is 5.97 Å². The van der Waals surface area contributed by atoms with Gasteiger partial charge in [0, 0.05) is 12.5 Å². The first-order valence-electron chi connectivity index (χ1n) is 5.71. The van der Waals surface area contributed by atoms with Crippen LogP contribution in [0.15, 0.2) is 12.1 Å². The highest BCUT2D eigenvalue weighted by Crippen LogP contribution is 2.10. The zero-order chi connectivity index (χ0) is 13.6. The van der Waals surface area contributed by atoms with Crippen molar-refractivity contribution in [3.05, 3.63) is 15.8 Å². The van der Waals surface area contributed by atoms with Crippen molar-refractivity contribution < 1.29 is 14.3 Å². The fourth-order valence-electron chi connectivity index (χ4n) is 1.17. The van der Waals surface area contributed by atoms with Crippen LogP contribution in [0.3, 0.4) is 0 Å². The third-order valence-corrected chi connectivity index (χ3v) is 2.38. The summed E-state index contributed by atoms with van der Waals surface area (Å²) in [7, 11) is 0. The largest absolute Gasteiger partial charge is 0.477 e. The molecule has 18 heavy (non-hydrogen) atoms. The van der Waals surface area contributed by atoms with Crippen molar-refractivity contribution in [2.24, 2.45) is 0 Å². The first-order chi connectivity index (χ1) is 8.37. The molecule has 0 saturated heterocycles. The molecule has 0 spiro atoms. The van der Waals surface area contributed by atoms with Crippen LogP contribution in [0.1, 0.15) is 33.6 Å². The topological polar surface area (TPSA) is 61.3 Å². The van der Waals surface area contributed by atoms with Gasteiger partial charge in [-0.2, -0.15) is 0 Å². The number of nitrogens with zero attached hydrogens (tertiary/aromatic N) is 2. The maximum atomic E-state index is 11.4. The molecule has 100 valence electrons. The summed E-state index contributed by atoms with van der Waals surface area (Å²) in [5, 5.41) is 7.72. The SMILES string of the molecule is CC(C)(C)OC(=O)CCCOc1ccc(I)nn1. The number of esters is 1. The molecule has 0 radical (unpaired) electrons. The molecule has 0 aliphatic carbocycles. The lowest BCUT2D eigenvalue weighted by Crippen LogP contribution is -2.24. The normalized spacial score (nSPS) is 11.1. The van der Waals surface area contributed by atoms with Crippen molar-refractivity contribution in [2.75, 3.05) is 6.61 Å². The maximum absolute atomic E-state index is 11.4. The highest BCUT2D eigenvalue weighted by molar-refractivity contribution is 14.1. The van der Waals surface area contributed by atoms with Gasteiger partial charge in [0.1, 0.15) is 9.30 Å². The molecule has 0 aliphatic rings. The van der Waals surface area contributed by atoms with Crippen LogP contribution in [0.25, 0.3) is 0 Å². The van der Waals surface area contributed by atoms with Crippen LogP contribution < -0.4 is 4.74 Å². The number of aromatic nitrogens is 2. The summed E-state index contributed by atoms with van der Waals surface area (Å²) in [6.45, 7) is 5.97. The standard InChI is InChI=1S/C12H17IN2O3/c1-12(2,3)18-11(16)5-4-8-17-10-7-6-9(13)14-15-10/h6-7H,4-5,8H2,1-3H3. The zero-order valence-electron chi connectivity index (χ0n) is 10.8. The minimum Gasteiger partial charge on any atom is -0.477 e. The predicted molar refractivity (Wildman–Crippen MR) is 75.3 cm³/mol. The van der Waals surface area contributed by atoms with E-state index < -0.39 is 5.60 Å². The van der Waals surface area contributed by atoms with E-state index in [1.165, 1.54) is 0 Å². The van der Waals surface area contributed by atoms with Crippen LogP contribution in [-0.2, 0) is 9.53 Å². The van der Waals surface area contributed by atoms with E-state index in [0.717, 1.165) is 3.70 Å². The number of hydrogen-bond acceptors (Lipinski definition) is 5. The van der Waals surface area contributed by atoms with Gasteiger partial charge in [-0.15, -0.1) is 10.2 Å².